The number of nitrogens with one attached hydrogen (secondary N) is 2. The molecule has 1 aliphatic rings. The van der Waals surface area contributed by atoms with Crippen LogP contribution in [0.5, 0.6) is 0 Å². The summed E-state index contributed by atoms with van der Waals surface area (Å²) in [4.78, 5) is 3.71. The van der Waals surface area contributed by atoms with Crippen molar-refractivity contribution in [2.24, 2.45) is 16.1 Å². The summed E-state index contributed by atoms with van der Waals surface area (Å²) in [6, 6.07) is 12.8. The summed E-state index contributed by atoms with van der Waals surface area (Å²) in [5.41, 5.74) is 7.69. The number of nitrogens with zero attached hydrogens (tertiary/aromatic N) is 4. The second-order valence-electron chi connectivity index (χ2n) is 9.41. The molecule has 0 spiro atoms. The molecule has 0 saturated heterocycles. The highest BCUT2D eigenvalue weighted by Crippen LogP contribution is 2.40. The summed E-state index contributed by atoms with van der Waals surface area (Å²) < 4.78 is 68.9. The second kappa shape index (κ2) is 9.14. The van der Waals surface area contributed by atoms with Crippen molar-refractivity contribution in [1.82, 2.24) is 4.98 Å². The van der Waals surface area contributed by atoms with Crippen LogP contribution in [0, 0.1) is 5.53 Å². The van der Waals surface area contributed by atoms with Crippen LogP contribution in [0.1, 0.15) is 43.2 Å². The molecule has 0 unspecified atom stereocenters. The van der Waals surface area contributed by atoms with Crippen molar-refractivity contribution < 1.29 is 21.6 Å². The van der Waals surface area contributed by atoms with E-state index in [4.69, 9.17) is 11.4 Å². The first-order chi connectivity index (χ1) is 17.3. The molecule has 1 aliphatic heterocycles. The van der Waals surface area contributed by atoms with Gasteiger partial charge in [0.2, 0.25) is 0 Å². The van der Waals surface area contributed by atoms with Crippen molar-refractivity contribution in [3.05, 3.63) is 77.0 Å². The number of sulfonamides is 1. The molecule has 0 saturated carbocycles. The number of fused-ring (bicyclic) bond motifs is 2. The lowest BCUT2D eigenvalue weighted by Gasteiger charge is -2.25. The maximum Gasteiger partial charge on any atom is 0.433 e. The van der Waals surface area contributed by atoms with Crippen LogP contribution in [0.15, 0.2) is 69.7 Å². The van der Waals surface area contributed by atoms with E-state index in [0.29, 0.717) is 0 Å². The number of aromatic nitrogens is 1. The Balaban J connectivity index is 1.91. The Morgan fingerprint density at radius 1 is 1.08 bits per heavy atom. The molecule has 3 aromatic rings. The molecule has 4 N–H and O–H groups in total. The van der Waals surface area contributed by atoms with Gasteiger partial charge in [0.25, 0.3) is 10.0 Å². The lowest BCUT2D eigenvalue weighted by Crippen LogP contribution is -2.30. The number of hydrazone groups is 1. The van der Waals surface area contributed by atoms with Gasteiger partial charge in [-0.05, 0) is 47.4 Å². The molecule has 0 aliphatic carbocycles. The number of amidine groups is 1. The molecule has 194 valence electrons. The summed E-state index contributed by atoms with van der Waals surface area (Å²) in [6.07, 6.45) is -4.68. The van der Waals surface area contributed by atoms with Crippen LogP contribution >= 0.6 is 0 Å². The van der Waals surface area contributed by atoms with Crippen molar-refractivity contribution in [3.8, 4) is 0 Å². The highest BCUT2D eigenvalue weighted by Gasteiger charge is 2.35. The Morgan fingerprint density at radius 3 is 2.32 bits per heavy atom. The average molecular weight is 532 g/mol. The number of anilines is 3. The molecule has 0 amide bonds. The number of benzene rings is 2. The fourth-order valence-electron chi connectivity index (χ4n) is 3.87. The van der Waals surface area contributed by atoms with E-state index in [1.165, 1.54) is 36.4 Å². The minimum Gasteiger partial charge on any atom is -0.338 e. The third-order valence-corrected chi connectivity index (χ3v) is 7.67. The zero-order valence-corrected chi connectivity index (χ0v) is 20.9. The predicted molar refractivity (Wildman–Crippen MR) is 133 cm³/mol. The van der Waals surface area contributed by atoms with Crippen LogP contribution in [0.2, 0.25) is 0 Å². The van der Waals surface area contributed by atoms with Crippen LogP contribution in [0.4, 0.5) is 30.4 Å². The summed E-state index contributed by atoms with van der Waals surface area (Å²) >= 11 is 0. The number of hydrogen-bond acceptors (Lipinski definition) is 7. The van der Waals surface area contributed by atoms with E-state index in [9.17, 15) is 21.6 Å². The third kappa shape index (κ3) is 4.99. The SMILES string of the molecule is CC(C)(C)c1ccc(S(=O)(=O)N2Cc3ccc(C(F)(F)F)nc3Nc3ccc(C(N=N)=NN)cc32)cc1. The zero-order chi connectivity index (χ0) is 27.2. The largest absolute Gasteiger partial charge is 0.433 e. The van der Waals surface area contributed by atoms with Gasteiger partial charge in [-0.1, -0.05) is 39.0 Å². The van der Waals surface area contributed by atoms with Crippen molar-refractivity contribution >= 4 is 33.1 Å². The maximum absolute atomic E-state index is 13.9. The molecular weight excluding hydrogens is 507 g/mol. The Kier molecular flexibility index (Phi) is 6.44. The second-order valence-corrected chi connectivity index (χ2v) is 11.3. The van der Waals surface area contributed by atoms with E-state index in [2.05, 4.69) is 20.5 Å². The molecule has 4 rings (SSSR count). The smallest absolute Gasteiger partial charge is 0.338 e. The lowest BCUT2D eigenvalue weighted by molar-refractivity contribution is -0.141. The van der Waals surface area contributed by atoms with Crippen molar-refractivity contribution in [2.75, 3.05) is 9.62 Å². The molecule has 0 radical (unpaired) electrons. The van der Waals surface area contributed by atoms with Gasteiger partial charge in [-0.2, -0.15) is 18.3 Å². The zero-order valence-electron chi connectivity index (χ0n) is 20.1. The molecule has 0 bridgehead atoms. The van der Waals surface area contributed by atoms with Gasteiger partial charge in [-0.3, -0.25) is 4.31 Å². The van der Waals surface area contributed by atoms with Gasteiger partial charge in [0.05, 0.1) is 22.8 Å². The molecule has 13 heteroatoms. The molecule has 1 aromatic heterocycles. The highest BCUT2D eigenvalue weighted by atomic mass is 32.2. The standard InChI is InChI=1S/C24H24F3N7O2S/c1-23(2,3)16-6-8-17(9-7-16)37(35,36)34-13-15-5-11-20(24(25,26)27)31-21(15)30-18-10-4-14(12-19(18)34)22(32-28)33-29/h4-12,28H,13,29H2,1-3H3,(H,30,31). The average Bonchev–Trinajstić information content (AvgIpc) is 3.00. The molecular formula is C24H24F3N7O2S. The highest BCUT2D eigenvalue weighted by molar-refractivity contribution is 7.92. The van der Waals surface area contributed by atoms with Crippen LogP contribution in [0.3, 0.4) is 0 Å². The summed E-state index contributed by atoms with van der Waals surface area (Å²) in [6.45, 7) is 5.70. The topological polar surface area (TPSA) is 137 Å². The Labute approximate surface area is 211 Å². The fraction of sp³-hybridized carbons (Fsp3) is 0.250. The third-order valence-electron chi connectivity index (χ3n) is 5.90. The predicted octanol–water partition coefficient (Wildman–Crippen LogP) is 5.50. The van der Waals surface area contributed by atoms with E-state index in [1.807, 2.05) is 20.8 Å². The summed E-state index contributed by atoms with van der Waals surface area (Å²) in [5.74, 6) is 5.04. The van der Waals surface area contributed by atoms with Gasteiger partial charge >= 0.3 is 6.18 Å². The summed E-state index contributed by atoms with van der Waals surface area (Å²) in [5, 5.41) is 9.53. The van der Waals surface area contributed by atoms with E-state index in [-0.39, 0.29) is 51.0 Å². The van der Waals surface area contributed by atoms with Crippen molar-refractivity contribution in [1.29, 1.82) is 5.53 Å². The van der Waals surface area contributed by atoms with Crippen molar-refractivity contribution in [3.63, 3.8) is 0 Å². The number of rotatable bonds is 3. The molecule has 0 fully saturated rings. The van der Waals surface area contributed by atoms with Crippen LogP contribution in [0.25, 0.3) is 0 Å². The number of nitrogens with two attached hydrogens (primary N) is 1. The first kappa shape index (κ1) is 26.1. The van der Waals surface area contributed by atoms with Crippen LogP contribution in [-0.4, -0.2) is 19.2 Å². The molecule has 37 heavy (non-hydrogen) atoms. The Hall–Kier alpha value is -4.00. The minimum absolute atomic E-state index is 0.00179. The minimum atomic E-state index is -4.68. The van der Waals surface area contributed by atoms with Gasteiger partial charge in [0.15, 0.2) is 5.84 Å². The number of alkyl halides is 3. The van der Waals surface area contributed by atoms with Gasteiger partial charge in [-0.25, -0.2) is 18.9 Å². The molecule has 2 heterocycles. The number of halogens is 3. The van der Waals surface area contributed by atoms with E-state index < -0.39 is 21.9 Å². The van der Waals surface area contributed by atoms with Gasteiger partial charge in [0.1, 0.15) is 11.5 Å². The van der Waals surface area contributed by atoms with Crippen LogP contribution in [-0.2, 0) is 28.2 Å². The fourth-order valence-corrected chi connectivity index (χ4v) is 5.32. The Bertz CT molecular complexity index is 1500. The number of hydrogen-bond donors (Lipinski definition) is 3. The van der Waals surface area contributed by atoms with Crippen molar-refractivity contribution in [2.45, 2.75) is 43.8 Å². The number of pyridine rings is 1. The first-order valence-corrected chi connectivity index (χ1v) is 12.5. The van der Waals surface area contributed by atoms with Gasteiger partial charge < -0.3 is 11.2 Å². The quantitative estimate of drug-likeness (QED) is 0.135. The Morgan fingerprint density at radius 2 is 1.76 bits per heavy atom. The van der Waals surface area contributed by atoms with Crippen LogP contribution < -0.4 is 15.5 Å². The monoisotopic (exact) mass is 531 g/mol. The van der Waals surface area contributed by atoms with E-state index in [0.717, 1.165) is 15.9 Å². The van der Waals surface area contributed by atoms with Gasteiger partial charge in [-0.15, -0.1) is 5.11 Å². The lowest BCUT2D eigenvalue weighted by atomic mass is 9.87. The maximum atomic E-state index is 13.9. The molecule has 9 nitrogen and oxygen atoms in total. The molecule has 0 atom stereocenters. The molecule has 2 aromatic carbocycles. The van der Waals surface area contributed by atoms with E-state index >= 15 is 0 Å². The summed E-state index contributed by atoms with van der Waals surface area (Å²) in [7, 11) is -4.20. The van der Waals surface area contributed by atoms with E-state index in [1.54, 1.807) is 12.1 Å². The van der Waals surface area contributed by atoms with Gasteiger partial charge in [0, 0.05) is 11.1 Å². The normalized spacial score (nSPS) is 14.3. The first-order valence-electron chi connectivity index (χ1n) is 11.0.